The van der Waals surface area contributed by atoms with Crippen molar-refractivity contribution in [3.05, 3.63) is 254 Å². The van der Waals surface area contributed by atoms with Crippen molar-refractivity contribution in [2.75, 3.05) is 4.90 Å². The molecule has 0 amide bonds. The number of aromatic nitrogens is 3. The lowest BCUT2D eigenvalue weighted by Gasteiger charge is -2.28. The average Bonchev–Trinajstić information content (AvgIpc) is 3.86. The SMILES string of the molecule is CC1(C)c2ccccc2-c2ccc(N(c3ccc(-c4ccccc4)cc3)c3cccc(-n4c5ccccc5c5cc(-c6nc(-c7ccc(-c8ccccc8)cc7)c7ccccc7n6)ccc54)c3)cc21. The molecule has 0 bridgehead atoms. The minimum absolute atomic E-state index is 0.137. The van der Waals surface area contributed by atoms with Crippen LogP contribution in [0.25, 0.3) is 94.4 Å². The predicted octanol–water partition coefficient (Wildman–Crippen LogP) is 17.2. The number of hydrogen-bond donors (Lipinski definition) is 0. The molecule has 4 nitrogen and oxygen atoms in total. The molecule has 0 spiro atoms. The maximum Gasteiger partial charge on any atom is 0.160 e. The Morgan fingerprint density at radius 2 is 0.928 bits per heavy atom. The summed E-state index contributed by atoms with van der Waals surface area (Å²) in [6, 6.07) is 87.4. The minimum atomic E-state index is -0.137. The van der Waals surface area contributed by atoms with Crippen molar-refractivity contribution in [1.82, 2.24) is 14.5 Å². The average molecular weight is 883 g/mol. The summed E-state index contributed by atoms with van der Waals surface area (Å²) in [7, 11) is 0. The van der Waals surface area contributed by atoms with Gasteiger partial charge in [-0.2, -0.15) is 0 Å². The highest BCUT2D eigenvalue weighted by Gasteiger charge is 2.36. The van der Waals surface area contributed by atoms with E-state index in [1.54, 1.807) is 0 Å². The van der Waals surface area contributed by atoms with E-state index in [-0.39, 0.29) is 5.41 Å². The molecule has 0 N–H and O–H groups in total. The molecule has 13 rings (SSSR count). The van der Waals surface area contributed by atoms with Crippen molar-refractivity contribution in [3.63, 3.8) is 0 Å². The maximum atomic E-state index is 5.33. The second kappa shape index (κ2) is 16.2. The molecule has 0 aliphatic heterocycles. The first-order valence-corrected chi connectivity index (χ1v) is 23.7. The molecule has 1 aliphatic carbocycles. The van der Waals surface area contributed by atoms with Gasteiger partial charge in [-0.3, -0.25) is 0 Å². The zero-order chi connectivity index (χ0) is 46.1. The van der Waals surface area contributed by atoms with Gasteiger partial charge in [-0.25, -0.2) is 9.97 Å². The van der Waals surface area contributed by atoms with Crippen LogP contribution in [0.1, 0.15) is 25.0 Å². The van der Waals surface area contributed by atoms with Gasteiger partial charge in [-0.1, -0.05) is 184 Å². The Morgan fingerprint density at radius 1 is 0.362 bits per heavy atom. The van der Waals surface area contributed by atoms with Crippen LogP contribution >= 0.6 is 0 Å². The van der Waals surface area contributed by atoms with Gasteiger partial charge in [0.15, 0.2) is 5.82 Å². The Labute approximate surface area is 402 Å². The summed E-state index contributed by atoms with van der Waals surface area (Å²) in [5.41, 5.74) is 20.4. The summed E-state index contributed by atoms with van der Waals surface area (Å²) < 4.78 is 2.40. The van der Waals surface area contributed by atoms with E-state index < -0.39 is 0 Å². The lowest BCUT2D eigenvalue weighted by Crippen LogP contribution is -2.16. The van der Waals surface area contributed by atoms with Gasteiger partial charge in [0.05, 0.1) is 22.2 Å². The number of hydrogen-bond acceptors (Lipinski definition) is 3. The molecular formula is C65H46N4. The van der Waals surface area contributed by atoms with Gasteiger partial charge >= 0.3 is 0 Å². The molecule has 0 saturated carbocycles. The Balaban J connectivity index is 0.930. The lowest BCUT2D eigenvalue weighted by atomic mass is 9.82. The van der Waals surface area contributed by atoms with Crippen LogP contribution in [-0.2, 0) is 5.41 Å². The van der Waals surface area contributed by atoms with Gasteiger partial charge in [0.2, 0.25) is 0 Å². The molecule has 326 valence electrons. The fourth-order valence-corrected chi connectivity index (χ4v) is 10.8. The predicted molar refractivity (Wildman–Crippen MR) is 288 cm³/mol. The third-order valence-electron chi connectivity index (χ3n) is 14.2. The smallest absolute Gasteiger partial charge is 0.160 e. The third-order valence-corrected chi connectivity index (χ3v) is 14.2. The molecule has 2 heterocycles. The van der Waals surface area contributed by atoms with Crippen LogP contribution in [0.15, 0.2) is 243 Å². The third kappa shape index (κ3) is 6.83. The number of para-hydroxylation sites is 2. The highest BCUT2D eigenvalue weighted by atomic mass is 15.1. The lowest BCUT2D eigenvalue weighted by molar-refractivity contribution is 0.660. The number of benzene rings is 10. The number of anilines is 3. The second-order valence-electron chi connectivity index (χ2n) is 18.6. The molecule has 0 radical (unpaired) electrons. The van der Waals surface area contributed by atoms with E-state index in [9.17, 15) is 0 Å². The molecular weight excluding hydrogens is 837 g/mol. The Kier molecular flexibility index (Phi) is 9.48. The standard InChI is InChI=1S/C65H46N4/c1-65(2)58-25-12-9-22-53(58)54-38-37-52(42-59(54)65)68(49-35-32-46(33-36-49)44-18-7-4-8-19-44)50-20-15-21-51(41-50)69-61-27-14-11-23-55(61)57-40-48(34-39-62(57)69)64-66-60-26-13-10-24-56(60)63(67-64)47-30-28-45(29-31-47)43-16-5-3-6-17-43/h3-42H,1-2H3. The van der Waals surface area contributed by atoms with Crippen LogP contribution in [0.2, 0.25) is 0 Å². The van der Waals surface area contributed by atoms with E-state index in [1.807, 2.05) is 0 Å². The largest absolute Gasteiger partial charge is 0.310 e. The van der Waals surface area contributed by atoms with Crippen LogP contribution < -0.4 is 4.90 Å². The summed E-state index contributed by atoms with van der Waals surface area (Å²) in [5, 5.41) is 3.35. The van der Waals surface area contributed by atoms with Gasteiger partial charge in [0.1, 0.15) is 0 Å². The van der Waals surface area contributed by atoms with Crippen molar-refractivity contribution < 1.29 is 0 Å². The molecule has 1 aliphatic rings. The summed E-state index contributed by atoms with van der Waals surface area (Å²) >= 11 is 0. The van der Waals surface area contributed by atoms with E-state index >= 15 is 0 Å². The van der Waals surface area contributed by atoms with E-state index in [4.69, 9.17) is 9.97 Å². The van der Waals surface area contributed by atoms with Crippen molar-refractivity contribution in [3.8, 4) is 61.7 Å². The van der Waals surface area contributed by atoms with Gasteiger partial charge in [0, 0.05) is 55.5 Å². The van der Waals surface area contributed by atoms with E-state index in [1.165, 1.54) is 49.9 Å². The topological polar surface area (TPSA) is 34.0 Å². The summed E-state index contributed by atoms with van der Waals surface area (Å²) in [6.07, 6.45) is 0. The Bertz CT molecular complexity index is 3910. The monoisotopic (exact) mass is 882 g/mol. The highest BCUT2D eigenvalue weighted by Crippen LogP contribution is 2.51. The van der Waals surface area contributed by atoms with Gasteiger partial charge in [-0.05, 0) is 117 Å². The molecule has 4 heteroatoms. The van der Waals surface area contributed by atoms with Crippen LogP contribution in [0.5, 0.6) is 0 Å². The van der Waals surface area contributed by atoms with E-state index in [0.29, 0.717) is 5.82 Å². The van der Waals surface area contributed by atoms with Crippen molar-refractivity contribution in [2.24, 2.45) is 0 Å². The van der Waals surface area contributed by atoms with E-state index in [0.717, 1.165) is 66.9 Å². The van der Waals surface area contributed by atoms with Crippen LogP contribution in [0, 0.1) is 0 Å². The number of rotatable bonds is 8. The van der Waals surface area contributed by atoms with Crippen LogP contribution in [0.3, 0.4) is 0 Å². The first-order chi connectivity index (χ1) is 34.0. The highest BCUT2D eigenvalue weighted by molar-refractivity contribution is 6.10. The molecule has 0 fully saturated rings. The summed E-state index contributed by atoms with van der Waals surface area (Å²) in [4.78, 5) is 12.9. The van der Waals surface area contributed by atoms with Gasteiger partial charge in [0.25, 0.3) is 0 Å². The van der Waals surface area contributed by atoms with Gasteiger partial charge in [-0.15, -0.1) is 0 Å². The van der Waals surface area contributed by atoms with Crippen molar-refractivity contribution in [2.45, 2.75) is 19.3 Å². The van der Waals surface area contributed by atoms with Crippen LogP contribution in [0.4, 0.5) is 17.1 Å². The summed E-state index contributed by atoms with van der Waals surface area (Å²) in [5.74, 6) is 0.700. The zero-order valence-electron chi connectivity index (χ0n) is 38.4. The zero-order valence-corrected chi connectivity index (χ0v) is 38.4. The molecule has 69 heavy (non-hydrogen) atoms. The molecule has 0 saturated heterocycles. The van der Waals surface area contributed by atoms with Crippen molar-refractivity contribution in [1.29, 1.82) is 0 Å². The van der Waals surface area contributed by atoms with E-state index in [2.05, 4.69) is 266 Å². The molecule has 0 unspecified atom stereocenters. The Morgan fingerprint density at radius 3 is 1.70 bits per heavy atom. The van der Waals surface area contributed by atoms with Crippen molar-refractivity contribution >= 4 is 49.8 Å². The number of fused-ring (bicyclic) bond motifs is 7. The van der Waals surface area contributed by atoms with Gasteiger partial charge < -0.3 is 9.47 Å². The fourth-order valence-electron chi connectivity index (χ4n) is 10.8. The fraction of sp³-hybridized carbons (Fsp3) is 0.0462. The molecule has 12 aromatic rings. The first kappa shape index (κ1) is 40.4. The molecule has 0 atom stereocenters. The second-order valence-corrected chi connectivity index (χ2v) is 18.6. The molecule has 2 aromatic heterocycles. The normalized spacial score (nSPS) is 12.6. The first-order valence-electron chi connectivity index (χ1n) is 23.7. The van der Waals surface area contributed by atoms with Crippen LogP contribution in [-0.4, -0.2) is 14.5 Å². The molecule has 10 aromatic carbocycles. The quantitative estimate of drug-likeness (QED) is 0.152. The number of nitrogens with zero attached hydrogens (tertiary/aromatic N) is 4. The minimum Gasteiger partial charge on any atom is -0.310 e. The maximum absolute atomic E-state index is 5.33. The summed E-state index contributed by atoms with van der Waals surface area (Å²) in [6.45, 7) is 4.70. The Hall–Kier alpha value is -8.86.